The van der Waals surface area contributed by atoms with E-state index in [9.17, 15) is 9.59 Å². The number of benzene rings is 1. The topological polar surface area (TPSA) is 48.9 Å². The quantitative estimate of drug-likeness (QED) is 0.744. The second-order valence-corrected chi connectivity index (χ2v) is 7.76. The van der Waals surface area contributed by atoms with Crippen molar-refractivity contribution in [2.45, 2.75) is 12.1 Å². The molecule has 114 valence electrons. The fourth-order valence-electron chi connectivity index (χ4n) is 7.11. The highest BCUT2D eigenvalue weighted by atomic mass is 16.2. The summed E-state index contributed by atoms with van der Waals surface area (Å²) in [5.74, 6) is 3.71. The van der Waals surface area contributed by atoms with Crippen molar-refractivity contribution in [2.24, 2.45) is 35.5 Å². The number of rotatable bonds is 1. The van der Waals surface area contributed by atoms with Crippen LogP contribution in [-0.4, -0.2) is 13.9 Å². The van der Waals surface area contributed by atoms with Crippen molar-refractivity contribution in [1.82, 2.24) is 13.9 Å². The van der Waals surface area contributed by atoms with E-state index in [-0.39, 0.29) is 23.5 Å². The van der Waals surface area contributed by atoms with Crippen LogP contribution in [0.3, 0.4) is 0 Å². The van der Waals surface area contributed by atoms with Crippen LogP contribution >= 0.6 is 0 Å². The Labute approximate surface area is 131 Å². The zero-order valence-corrected chi connectivity index (χ0v) is 12.3. The van der Waals surface area contributed by atoms with E-state index in [2.05, 4.69) is 12.2 Å². The van der Waals surface area contributed by atoms with Gasteiger partial charge in [0.15, 0.2) is 0 Å². The molecule has 4 fully saturated rings. The lowest BCUT2D eigenvalue weighted by Crippen LogP contribution is -2.38. The van der Waals surface area contributed by atoms with Gasteiger partial charge in [-0.15, -0.1) is 0 Å². The molecule has 6 aliphatic rings. The average molecular weight is 305 g/mol. The summed E-state index contributed by atoms with van der Waals surface area (Å²) >= 11 is 0. The van der Waals surface area contributed by atoms with E-state index in [4.69, 9.17) is 0 Å². The summed E-state index contributed by atoms with van der Waals surface area (Å²) in [6.45, 7) is 0. The van der Waals surface area contributed by atoms with Crippen molar-refractivity contribution in [3.8, 4) is 5.69 Å². The molecule has 0 radical (unpaired) electrons. The molecule has 1 aromatic carbocycles. The predicted octanol–water partition coefficient (Wildman–Crippen LogP) is 1.20. The lowest BCUT2D eigenvalue weighted by atomic mass is 9.82. The van der Waals surface area contributed by atoms with E-state index < -0.39 is 0 Å². The smallest absolute Gasteiger partial charge is 0.245 e. The maximum atomic E-state index is 13.0. The van der Waals surface area contributed by atoms with Crippen LogP contribution in [0.1, 0.15) is 12.1 Å². The van der Waals surface area contributed by atoms with Gasteiger partial charge in [0, 0.05) is 5.92 Å². The van der Waals surface area contributed by atoms with Gasteiger partial charge in [0.2, 0.25) is 0 Å². The summed E-state index contributed by atoms with van der Waals surface area (Å²) in [6.07, 6.45) is 4.76. The molecule has 2 unspecified atom stereocenters. The van der Waals surface area contributed by atoms with Gasteiger partial charge in [0.05, 0.1) is 17.8 Å². The third kappa shape index (κ3) is 0.902. The van der Waals surface area contributed by atoms with Crippen molar-refractivity contribution in [2.75, 3.05) is 0 Å². The van der Waals surface area contributed by atoms with Crippen LogP contribution in [-0.2, 0) is 0 Å². The lowest BCUT2D eigenvalue weighted by molar-refractivity contribution is 0.176. The Hall–Kier alpha value is -2.30. The third-order valence-corrected chi connectivity index (χ3v) is 7.39. The Bertz CT molecular complexity index is 967. The second-order valence-electron chi connectivity index (χ2n) is 7.76. The van der Waals surface area contributed by atoms with Gasteiger partial charge in [-0.05, 0) is 41.7 Å². The molecule has 2 aromatic rings. The molecule has 2 heterocycles. The van der Waals surface area contributed by atoms with E-state index in [0.717, 1.165) is 0 Å². The van der Waals surface area contributed by atoms with Gasteiger partial charge in [-0.2, -0.15) is 0 Å². The number of hydrogen-bond acceptors (Lipinski definition) is 2. The SMILES string of the molecule is O=c1n(-c2ccccc2)c(=O)n2n1[C@@H]1C3C4[C@H]5C=C[C@H]4[C@H]([C@H]51)[C@@H]32. The predicted molar refractivity (Wildman–Crippen MR) is 82.4 cm³/mol. The first-order valence-electron chi connectivity index (χ1n) is 8.49. The summed E-state index contributed by atoms with van der Waals surface area (Å²) in [4.78, 5) is 26.0. The van der Waals surface area contributed by atoms with E-state index in [1.807, 2.05) is 39.7 Å². The second kappa shape index (κ2) is 3.16. The van der Waals surface area contributed by atoms with Crippen LogP contribution in [0.15, 0.2) is 52.1 Å². The summed E-state index contributed by atoms with van der Waals surface area (Å²) in [6, 6.07) is 9.82. The minimum atomic E-state index is -0.149. The minimum Gasteiger partial charge on any atom is -0.245 e. The molecule has 0 N–H and O–H groups in total. The molecule has 8 rings (SSSR count). The number of fused-ring (bicyclic) bond motifs is 1. The Morgan fingerprint density at radius 3 is 1.83 bits per heavy atom. The van der Waals surface area contributed by atoms with E-state index in [0.29, 0.717) is 41.2 Å². The highest BCUT2D eigenvalue weighted by Crippen LogP contribution is 2.80. The average Bonchev–Trinajstić information content (AvgIpc) is 3.36. The van der Waals surface area contributed by atoms with Gasteiger partial charge in [-0.1, -0.05) is 30.4 Å². The van der Waals surface area contributed by atoms with Gasteiger partial charge in [0.25, 0.3) is 0 Å². The molecule has 8 bridgehead atoms. The van der Waals surface area contributed by atoms with Crippen LogP contribution in [0.2, 0.25) is 0 Å². The number of allylic oxidation sites excluding steroid dienone is 2. The number of para-hydroxylation sites is 1. The Kier molecular flexibility index (Phi) is 1.55. The molecule has 0 saturated heterocycles. The van der Waals surface area contributed by atoms with E-state index >= 15 is 0 Å². The van der Waals surface area contributed by atoms with Crippen molar-refractivity contribution in [1.29, 1.82) is 0 Å². The van der Waals surface area contributed by atoms with Crippen molar-refractivity contribution in [3.63, 3.8) is 0 Å². The number of aromatic nitrogens is 3. The van der Waals surface area contributed by atoms with Crippen LogP contribution in [0.5, 0.6) is 0 Å². The minimum absolute atomic E-state index is 0.149. The van der Waals surface area contributed by atoms with E-state index in [1.54, 1.807) is 0 Å². The maximum absolute atomic E-state index is 13.0. The maximum Gasteiger partial charge on any atom is 0.352 e. The number of nitrogens with zero attached hydrogens (tertiary/aromatic N) is 3. The standard InChI is InChI=1S/C18H15N3O2/c22-17-19(8-4-2-1-3-5-8)18(23)21-16-13-10-7-6-9-11(10)14(16)15(12(9)13)20(17)21/h1-7,9-16H/t9-,10-,11?,12-,13+,14?,15+,16+/m1/s1. The molecule has 5 nitrogen and oxygen atoms in total. The van der Waals surface area contributed by atoms with Crippen molar-refractivity contribution < 1.29 is 0 Å². The van der Waals surface area contributed by atoms with Crippen molar-refractivity contribution in [3.05, 3.63) is 63.5 Å². The van der Waals surface area contributed by atoms with Crippen LogP contribution in [0.4, 0.5) is 0 Å². The van der Waals surface area contributed by atoms with Crippen molar-refractivity contribution >= 4 is 0 Å². The zero-order valence-electron chi connectivity index (χ0n) is 12.3. The molecular formula is C18H15N3O2. The normalized spacial score (nSPS) is 45.6. The van der Waals surface area contributed by atoms with Gasteiger partial charge in [0.1, 0.15) is 0 Å². The molecule has 0 spiro atoms. The number of hydrogen-bond donors (Lipinski definition) is 0. The lowest BCUT2D eigenvalue weighted by Gasteiger charge is -2.32. The molecule has 0 amide bonds. The summed E-state index contributed by atoms with van der Waals surface area (Å²) in [7, 11) is 0. The monoisotopic (exact) mass is 305 g/mol. The highest BCUT2D eigenvalue weighted by molar-refractivity contribution is 5.36. The summed E-state index contributed by atoms with van der Waals surface area (Å²) in [5, 5.41) is 0. The first kappa shape index (κ1) is 11.3. The Balaban J connectivity index is 1.53. The fourth-order valence-corrected chi connectivity index (χ4v) is 7.11. The Morgan fingerprint density at radius 2 is 1.26 bits per heavy atom. The third-order valence-electron chi connectivity index (χ3n) is 7.39. The summed E-state index contributed by atoms with van der Waals surface area (Å²) < 4.78 is 4.99. The van der Waals surface area contributed by atoms with Crippen LogP contribution in [0.25, 0.3) is 5.69 Å². The molecule has 1 aromatic heterocycles. The molecule has 8 atom stereocenters. The molecule has 23 heavy (non-hydrogen) atoms. The highest BCUT2D eigenvalue weighted by Gasteiger charge is 2.79. The van der Waals surface area contributed by atoms with Crippen LogP contribution < -0.4 is 11.4 Å². The summed E-state index contributed by atoms with van der Waals surface area (Å²) in [5.41, 5.74) is 0.381. The van der Waals surface area contributed by atoms with Gasteiger partial charge < -0.3 is 0 Å². The van der Waals surface area contributed by atoms with E-state index in [1.165, 1.54) is 4.57 Å². The fraction of sp³-hybridized carbons (Fsp3) is 0.444. The molecule has 1 aliphatic heterocycles. The molecular weight excluding hydrogens is 290 g/mol. The molecule has 5 aliphatic carbocycles. The van der Waals surface area contributed by atoms with Gasteiger partial charge >= 0.3 is 11.4 Å². The molecule has 5 heteroatoms. The van der Waals surface area contributed by atoms with Gasteiger partial charge in [-0.3, -0.25) is 0 Å². The van der Waals surface area contributed by atoms with Gasteiger partial charge in [-0.25, -0.2) is 23.5 Å². The zero-order chi connectivity index (χ0) is 15.0. The molecule has 4 saturated carbocycles. The Morgan fingerprint density at radius 1 is 0.696 bits per heavy atom. The first-order valence-corrected chi connectivity index (χ1v) is 8.49. The first-order chi connectivity index (χ1) is 11.3. The van der Waals surface area contributed by atoms with Crippen LogP contribution in [0, 0.1) is 35.5 Å². The largest absolute Gasteiger partial charge is 0.352 e.